The summed E-state index contributed by atoms with van der Waals surface area (Å²) in [5, 5.41) is 0. The molecule has 1 aromatic rings. The molecule has 4 nitrogen and oxygen atoms in total. The van der Waals surface area contributed by atoms with E-state index in [1.54, 1.807) is 21.3 Å². The van der Waals surface area contributed by atoms with E-state index in [0.717, 1.165) is 47.7 Å². The molecule has 0 atom stereocenters. The fraction of sp³-hybridized carbons (Fsp3) is 0.700. The summed E-state index contributed by atoms with van der Waals surface area (Å²) < 4.78 is 16.7. The number of nitrogens with zero attached hydrogens (tertiary/aromatic N) is 1. The second-order valence-electron chi connectivity index (χ2n) is 5.66. The van der Waals surface area contributed by atoms with Crippen LogP contribution in [0, 0.1) is 0 Å². The lowest BCUT2D eigenvalue weighted by atomic mass is 10.1. The number of ether oxygens (including phenoxy) is 2. The predicted octanol–water partition coefficient (Wildman–Crippen LogP) is 5.06. The number of benzene rings is 1. The molecule has 0 amide bonds. The Morgan fingerprint density at radius 3 is 2.00 bits per heavy atom. The SMILES string of the molecule is CC.CC.COSCCC[N+](C)(C)CCc1ccc(OC)c(OC)c1. The Balaban J connectivity index is 0. The van der Waals surface area contributed by atoms with Gasteiger partial charge in [-0.3, -0.25) is 0 Å². The zero-order chi connectivity index (χ0) is 19.7. The molecule has 0 saturated carbocycles. The van der Waals surface area contributed by atoms with Crippen LogP contribution in [0.3, 0.4) is 0 Å². The van der Waals surface area contributed by atoms with Gasteiger partial charge in [-0.05, 0) is 29.7 Å². The van der Waals surface area contributed by atoms with Gasteiger partial charge in [-0.25, -0.2) is 0 Å². The van der Waals surface area contributed by atoms with E-state index in [-0.39, 0.29) is 0 Å². The van der Waals surface area contributed by atoms with Gasteiger partial charge in [0.05, 0.1) is 48.5 Å². The number of quaternary nitrogens is 1. The minimum Gasteiger partial charge on any atom is -0.493 e. The molecule has 0 N–H and O–H groups in total. The van der Waals surface area contributed by atoms with Gasteiger partial charge in [0.25, 0.3) is 0 Å². The molecule has 148 valence electrons. The minimum atomic E-state index is 0.784. The van der Waals surface area contributed by atoms with Crippen molar-refractivity contribution < 1.29 is 18.1 Å². The van der Waals surface area contributed by atoms with Gasteiger partial charge >= 0.3 is 0 Å². The molecule has 0 unspecified atom stereocenters. The van der Waals surface area contributed by atoms with Crippen molar-refractivity contribution in [3.05, 3.63) is 23.8 Å². The summed E-state index contributed by atoms with van der Waals surface area (Å²) in [6, 6.07) is 6.16. The van der Waals surface area contributed by atoms with Crippen LogP contribution in [0.15, 0.2) is 18.2 Å². The van der Waals surface area contributed by atoms with Crippen molar-refractivity contribution in [2.75, 3.05) is 54.3 Å². The summed E-state index contributed by atoms with van der Waals surface area (Å²) in [6.45, 7) is 10.3. The predicted molar refractivity (Wildman–Crippen MR) is 112 cm³/mol. The van der Waals surface area contributed by atoms with Crippen LogP contribution in [0.2, 0.25) is 0 Å². The molecule has 0 radical (unpaired) electrons. The van der Waals surface area contributed by atoms with Gasteiger partial charge in [-0.15, -0.1) is 0 Å². The van der Waals surface area contributed by atoms with Gasteiger partial charge < -0.3 is 18.1 Å². The van der Waals surface area contributed by atoms with Crippen LogP contribution < -0.4 is 9.47 Å². The maximum absolute atomic E-state index is 5.35. The molecule has 0 aliphatic heterocycles. The number of hydrogen-bond donors (Lipinski definition) is 0. The van der Waals surface area contributed by atoms with E-state index in [4.69, 9.17) is 13.7 Å². The van der Waals surface area contributed by atoms with Gasteiger partial charge in [-0.2, -0.15) is 0 Å². The van der Waals surface area contributed by atoms with Gasteiger partial charge in [-0.1, -0.05) is 33.8 Å². The Bertz CT molecular complexity index is 425. The molecule has 0 saturated heterocycles. The number of hydrogen-bond acceptors (Lipinski definition) is 4. The molecule has 1 aromatic carbocycles. The molecule has 1 rings (SSSR count). The highest BCUT2D eigenvalue weighted by Gasteiger charge is 2.15. The smallest absolute Gasteiger partial charge is 0.160 e. The molecule has 0 aliphatic carbocycles. The fourth-order valence-electron chi connectivity index (χ4n) is 2.21. The standard InChI is InChI=1S/C16H28NO3S.2C2H6/c1-17(2,10-6-12-21-20-5)11-9-14-7-8-15(18-3)16(13-14)19-4;2*1-2/h7-8,13H,6,9-12H2,1-5H3;2*1-2H3/q+1;;. The van der Waals surface area contributed by atoms with E-state index in [1.165, 1.54) is 17.6 Å². The first-order valence-electron chi connectivity index (χ1n) is 9.21. The first-order valence-corrected chi connectivity index (χ1v) is 10.1. The summed E-state index contributed by atoms with van der Waals surface area (Å²) >= 11 is 1.53. The van der Waals surface area contributed by atoms with E-state index >= 15 is 0 Å². The fourth-order valence-corrected chi connectivity index (χ4v) is 2.63. The van der Waals surface area contributed by atoms with Crippen LogP contribution in [0.4, 0.5) is 0 Å². The van der Waals surface area contributed by atoms with Crippen molar-refractivity contribution in [1.29, 1.82) is 0 Å². The number of likely N-dealkylation sites (N-methyl/N-ethyl adjacent to an activating group) is 1. The highest BCUT2D eigenvalue weighted by Crippen LogP contribution is 2.27. The summed E-state index contributed by atoms with van der Waals surface area (Å²) in [5.41, 5.74) is 1.28. The van der Waals surface area contributed by atoms with Crippen LogP contribution in [0.1, 0.15) is 39.7 Å². The van der Waals surface area contributed by atoms with Crippen molar-refractivity contribution in [2.45, 2.75) is 40.5 Å². The lowest BCUT2D eigenvalue weighted by Crippen LogP contribution is -2.42. The van der Waals surface area contributed by atoms with E-state index in [9.17, 15) is 0 Å². The molecule has 5 heteroatoms. The second-order valence-corrected chi connectivity index (χ2v) is 6.64. The third-order valence-electron chi connectivity index (χ3n) is 3.56. The van der Waals surface area contributed by atoms with E-state index in [1.807, 2.05) is 33.8 Å². The van der Waals surface area contributed by atoms with Crippen molar-refractivity contribution in [3.8, 4) is 11.5 Å². The Labute approximate surface area is 160 Å². The highest BCUT2D eigenvalue weighted by atomic mass is 32.2. The average molecular weight is 375 g/mol. The maximum atomic E-state index is 5.35. The van der Waals surface area contributed by atoms with Crippen LogP contribution in [-0.4, -0.2) is 58.8 Å². The lowest BCUT2D eigenvalue weighted by molar-refractivity contribution is -0.890. The molecule has 0 spiro atoms. The minimum absolute atomic E-state index is 0.784. The Morgan fingerprint density at radius 2 is 1.48 bits per heavy atom. The van der Waals surface area contributed by atoms with Gasteiger partial charge in [0.1, 0.15) is 0 Å². The Kier molecular flexibility index (Phi) is 17.4. The first kappa shape index (κ1) is 26.3. The maximum Gasteiger partial charge on any atom is 0.160 e. The lowest BCUT2D eigenvalue weighted by Gasteiger charge is -2.30. The molecular weight excluding hydrogens is 334 g/mol. The van der Waals surface area contributed by atoms with Gasteiger partial charge in [0.2, 0.25) is 0 Å². The van der Waals surface area contributed by atoms with Crippen molar-refractivity contribution in [2.24, 2.45) is 0 Å². The monoisotopic (exact) mass is 374 g/mol. The normalized spacial score (nSPS) is 10.1. The van der Waals surface area contributed by atoms with Crippen LogP contribution in [-0.2, 0) is 10.6 Å². The molecule has 0 aromatic heterocycles. The first-order chi connectivity index (χ1) is 12.0. The molecule has 25 heavy (non-hydrogen) atoms. The van der Waals surface area contributed by atoms with Crippen molar-refractivity contribution >= 4 is 12.0 Å². The average Bonchev–Trinajstić information content (AvgIpc) is 2.66. The zero-order valence-corrected chi connectivity index (χ0v) is 18.7. The van der Waals surface area contributed by atoms with E-state index in [0.29, 0.717) is 0 Å². The van der Waals surface area contributed by atoms with Crippen molar-refractivity contribution in [3.63, 3.8) is 0 Å². The molecule has 0 fully saturated rings. The number of rotatable bonds is 10. The molecular formula is C20H40NO3S+. The van der Waals surface area contributed by atoms with Gasteiger partial charge in [0, 0.05) is 18.6 Å². The van der Waals surface area contributed by atoms with Crippen LogP contribution in [0.25, 0.3) is 0 Å². The zero-order valence-electron chi connectivity index (χ0n) is 17.8. The Hall–Kier alpha value is -0.910. The second kappa shape index (κ2) is 16.6. The summed E-state index contributed by atoms with van der Waals surface area (Å²) in [7, 11) is 9.61. The summed E-state index contributed by atoms with van der Waals surface area (Å²) in [4.78, 5) is 0. The largest absolute Gasteiger partial charge is 0.493 e. The summed E-state index contributed by atoms with van der Waals surface area (Å²) in [5.74, 6) is 2.64. The molecule has 0 bridgehead atoms. The molecule has 0 heterocycles. The summed E-state index contributed by atoms with van der Waals surface area (Å²) in [6.07, 6.45) is 2.20. The molecule has 0 aliphatic rings. The van der Waals surface area contributed by atoms with Gasteiger partial charge in [0.15, 0.2) is 11.5 Å². The number of methoxy groups -OCH3 is 2. The van der Waals surface area contributed by atoms with E-state index < -0.39 is 0 Å². The van der Waals surface area contributed by atoms with E-state index in [2.05, 4.69) is 26.2 Å². The third kappa shape index (κ3) is 12.1. The Morgan fingerprint density at radius 1 is 0.880 bits per heavy atom. The van der Waals surface area contributed by atoms with Crippen molar-refractivity contribution in [1.82, 2.24) is 0 Å². The third-order valence-corrected chi connectivity index (χ3v) is 4.25. The highest BCUT2D eigenvalue weighted by molar-refractivity contribution is 7.94. The van der Waals surface area contributed by atoms with Crippen LogP contribution in [0.5, 0.6) is 11.5 Å². The quantitative estimate of drug-likeness (QED) is 0.325. The topological polar surface area (TPSA) is 27.7 Å². The van der Waals surface area contributed by atoms with Crippen LogP contribution >= 0.6 is 12.0 Å².